The molecule has 5 heteroatoms. The standard InChI is InChI=1S/C15H21N3O2/c1-3-18(4-2)11-12-20-14-7-5-13(6-8-14)17-15(19)9-10-16/h5-8H,3-4,9,11-12H2,1-2H3,(H,17,19). The van der Waals surface area contributed by atoms with E-state index in [1.54, 1.807) is 12.1 Å². The molecule has 1 N–H and O–H groups in total. The number of carbonyl (C=O) groups is 1. The molecule has 20 heavy (non-hydrogen) atoms. The second-order valence-electron chi connectivity index (χ2n) is 4.28. The third kappa shape index (κ3) is 5.72. The number of hydrogen-bond acceptors (Lipinski definition) is 4. The lowest BCUT2D eigenvalue weighted by Crippen LogP contribution is -2.27. The number of nitriles is 1. The first-order valence-electron chi connectivity index (χ1n) is 6.81. The predicted molar refractivity (Wildman–Crippen MR) is 78.6 cm³/mol. The third-order valence-corrected chi connectivity index (χ3v) is 2.95. The number of hydrogen-bond donors (Lipinski definition) is 1. The topological polar surface area (TPSA) is 65.4 Å². The summed E-state index contributed by atoms with van der Waals surface area (Å²) in [4.78, 5) is 13.5. The molecule has 0 aliphatic rings. The van der Waals surface area contributed by atoms with Gasteiger partial charge < -0.3 is 15.0 Å². The molecular weight excluding hydrogens is 254 g/mol. The summed E-state index contributed by atoms with van der Waals surface area (Å²) in [5.74, 6) is 0.471. The van der Waals surface area contributed by atoms with Gasteiger partial charge in [-0.1, -0.05) is 13.8 Å². The summed E-state index contributed by atoms with van der Waals surface area (Å²) in [6.45, 7) is 7.83. The Labute approximate surface area is 120 Å². The molecule has 0 aromatic heterocycles. The maximum Gasteiger partial charge on any atom is 0.238 e. The molecule has 0 radical (unpaired) electrons. The summed E-state index contributed by atoms with van der Waals surface area (Å²) in [7, 11) is 0. The molecule has 0 atom stereocenters. The number of benzene rings is 1. The SMILES string of the molecule is CCN(CC)CCOc1ccc(NC(=O)CC#N)cc1. The Morgan fingerprint density at radius 3 is 2.50 bits per heavy atom. The number of nitrogens with zero attached hydrogens (tertiary/aromatic N) is 2. The first-order valence-corrected chi connectivity index (χ1v) is 6.81. The van der Waals surface area contributed by atoms with Crippen molar-refractivity contribution in [3.63, 3.8) is 0 Å². The van der Waals surface area contributed by atoms with E-state index in [2.05, 4.69) is 24.1 Å². The van der Waals surface area contributed by atoms with Gasteiger partial charge in [0.05, 0.1) is 6.07 Å². The van der Waals surface area contributed by atoms with E-state index >= 15 is 0 Å². The zero-order valence-electron chi connectivity index (χ0n) is 12.1. The van der Waals surface area contributed by atoms with Gasteiger partial charge in [-0.2, -0.15) is 5.26 Å². The van der Waals surface area contributed by atoms with Crippen molar-refractivity contribution in [3.05, 3.63) is 24.3 Å². The molecule has 0 fully saturated rings. The molecule has 1 amide bonds. The Bertz CT molecular complexity index is 447. The first kappa shape index (κ1) is 16.0. The Kier molecular flexibility index (Phi) is 7.15. The Morgan fingerprint density at radius 1 is 1.30 bits per heavy atom. The van der Waals surface area contributed by atoms with Crippen molar-refractivity contribution in [3.8, 4) is 11.8 Å². The van der Waals surface area contributed by atoms with Gasteiger partial charge in [-0.05, 0) is 37.4 Å². The lowest BCUT2D eigenvalue weighted by molar-refractivity contribution is -0.115. The highest BCUT2D eigenvalue weighted by Gasteiger charge is 2.02. The van der Waals surface area contributed by atoms with Crippen LogP contribution in [0.2, 0.25) is 0 Å². The van der Waals surface area contributed by atoms with Gasteiger partial charge >= 0.3 is 0 Å². The minimum absolute atomic E-state index is 0.137. The molecule has 0 saturated heterocycles. The third-order valence-electron chi connectivity index (χ3n) is 2.95. The van der Waals surface area contributed by atoms with E-state index in [9.17, 15) is 4.79 Å². The molecule has 0 heterocycles. The fraction of sp³-hybridized carbons (Fsp3) is 0.467. The molecule has 0 aliphatic heterocycles. The molecule has 1 aromatic rings. The number of amides is 1. The maximum atomic E-state index is 11.2. The Balaban J connectivity index is 2.39. The summed E-state index contributed by atoms with van der Waals surface area (Å²) in [6.07, 6.45) is -0.137. The minimum atomic E-state index is -0.303. The molecule has 0 aliphatic carbocycles. The maximum absolute atomic E-state index is 11.2. The van der Waals surface area contributed by atoms with Crippen molar-refractivity contribution in [2.45, 2.75) is 20.3 Å². The molecule has 0 bridgehead atoms. The van der Waals surface area contributed by atoms with E-state index in [-0.39, 0.29) is 12.3 Å². The number of carbonyl (C=O) groups excluding carboxylic acids is 1. The van der Waals surface area contributed by atoms with E-state index in [0.717, 1.165) is 25.4 Å². The average Bonchev–Trinajstić information content (AvgIpc) is 2.45. The molecule has 1 aromatic carbocycles. The number of likely N-dealkylation sites (N-methyl/N-ethyl adjacent to an activating group) is 1. The predicted octanol–water partition coefficient (Wildman–Crippen LogP) is 2.26. The van der Waals surface area contributed by atoms with Crippen LogP contribution in [0.1, 0.15) is 20.3 Å². The fourth-order valence-electron chi connectivity index (χ4n) is 1.74. The van der Waals surface area contributed by atoms with E-state index in [1.807, 2.05) is 18.2 Å². The van der Waals surface area contributed by atoms with Crippen LogP contribution in [-0.4, -0.2) is 37.0 Å². The van der Waals surface area contributed by atoms with Crippen LogP contribution in [-0.2, 0) is 4.79 Å². The van der Waals surface area contributed by atoms with Crippen molar-refractivity contribution in [1.82, 2.24) is 4.90 Å². The largest absolute Gasteiger partial charge is 0.492 e. The molecule has 1 rings (SSSR count). The van der Waals surface area contributed by atoms with Crippen molar-refractivity contribution in [2.24, 2.45) is 0 Å². The van der Waals surface area contributed by atoms with Crippen LogP contribution < -0.4 is 10.1 Å². The van der Waals surface area contributed by atoms with Gasteiger partial charge in [0.25, 0.3) is 0 Å². The normalized spacial score (nSPS) is 10.1. The van der Waals surface area contributed by atoms with Crippen LogP contribution in [0, 0.1) is 11.3 Å². The molecular formula is C15H21N3O2. The van der Waals surface area contributed by atoms with Gasteiger partial charge in [-0.15, -0.1) is 0 Å². The van der Waals surface area contributed by atoms with Gasteiger partial charge in [0.1, 0.15) is 18.8 Å². The Morgan fingerprint density at radius 2 is 1.95 bits per heavy atom. The summed E-state index contributed by atoms with van der Waals surface area (Å²) < 4.78 is 5.64. The van der Waals surface area contributed by atoms with Gasteiger partial charge in [-0.3, -0.25) is 4.79 Å². The average molecular weight is 275 g/mol. The first-order chi connectivity index (χ1) is 9.69. The van der Waals surface area contributed by atoms with Gasteiger partial charge in [0, 0.05) is 12.2 Å². The van der Waals surface area contributed by atoms with E-state index in [1.165, 1.54) is 0 Å². The number of nitrogens with one attached hydrogen (secondary N) is 1. The lowest BCUT2D eigenvalue weighted by Gasteiger charge is -2.18. The summed E-state index contributed by atoms with van der Waals surface area (Å²) >= 11 is 0. The fourth-order valence-corrected chi connectivity index (χ4v) is 1.74. The van der Waals surface area contributed by atoms with Crippen LogP contribution >= 0.6 is 0 Å². The van der Waals surface area contributed by atoms with Gasteiger partial charge in [-0.25, -0.2) is 0 Å². The Hall–Kier alpha value is -2.06. The number of rotatable bonds is 8. The number of anilines is 1. The quantitative estimate of drug-likeness (QED) is 0.790. The molecule has 0 spiro atoms. The highest BCUT2D eigenvalue weighted by molar-refractivity contribution is 5.92. The second-order valence-corrected chi connectivity index (χ2v) is 4.28. The second kappa shape index (κ2) is 8.94. The molecule has 108 valence electrons. The van der Waals surface area contributed by atoms with E-state index < -0.39 is 0 Å². The van der Waals surface area contributed by atoms with Crippen LogP contribution in [0.15, 0.2) is 24.3 Å². The van der Waals surface area contributed by atoms with Crippen LogP contribution in [0.5, 0.6) is 5.75 Å². The lowest BCUT2D eigenvalue weighted by atomic mass is 10.3. The molecule has 5 nitrogen and oxygen atoms in total. The molecule has 0 saturated carbocycles. The van der Waals surface area contributed by atoms with E-state index in [4.69, 9.17) is 10.00 Å². The van der Waals surface area contributed by atoms with Crippen molar-refractivity contribution in [2.75, 3.05) is 31.6 Å². The van der Waals surface area contributed by atoms with Crippen LogP contribution in [0.4, 0.5) is 5.69 Å². The zero-order chi connectivity index (χ0) is 14.8. The smallest absolute Gasteiger partial charge is 0.238 e. The summed E-state index contributed by atoms with van der Waals surface area (Å²) in [5.41, 5.74) is 0.668. The summed E-state index contributed by atoms with van der Waals surface area (Å²) in [5, 5.41) is 11.0. The zero-order valence-corrected chi connectivity index (χ0v) is 12.1. The molecule has 0 unspecified atom stereocenters. The van der Waals surface area contributed by atoms with Crippen molar-refractivity contribution >= 4 is 11.6 Å². The number of ether oxygens (including phenoxy) is 1. The minimum Gasteiger partial charge on any atom is -0.492 e. The van der Waals surface area contributed by atoms with Gasteiger partial charge in [0.15, 0.2) is 0 Å². The highest BCUT2D eigenvalue weighted by Crippen LogP contribution is 2.15. The van der Waals surface area contributed by atoms with Crippen LogP contribution in [0.3, 0.4) is 0 Å². The van der Waals surface area contributed by atoms with Crippen molar-refractivity contribution < 1.29 is 9.53 Å². The van der Waals surface area contributed by atoms with Crippen LogP contribution in [0.25, 0.3) is 0 Å². The highest BCUT2D eigenvalue weighted by atomic mass is 16.5. The van der Waals surface area contributed by atoms with Gasteiger partial charge in [0.2, 0.25) is 5.91 Å². The van der Waals surface area contributed by atoms with E-state index in [0.29, 0.717) is 12.3 Å². The summed E-state index contributed by atoms with van der Waals surface area (Å²) in [6, 6.07) is 8.96. The van der Waals surface area contributed by atoms with Crippen molar-refractivity contribution in [1.29, 1.82) is 5.26 Å². The monoisotopic (exact) mass is 275 g/mol.